The maximum atomic E-state index is 13.3. The van der Waals surface area contributed by atoms with Crippen LogP contribution in [0.1, 0.15) is 42.9 Å². The van der Waals surface area contributed by atoms with E-state index in [0.717, 1.165) is 49.2 Å². The van der Waals surface area contributed by atoms with Crippen molar-refractivity contribution in [1.29, 1.82) is 5.26 Å². The number of likely N-dealkylation sites (tertiary alicyclic amines) is 3. The number of amides is 2. The molecular weight excluding hydrogens is 444 g/mol. The van der Waals surface area contributed by atoms with Crippen LogP contribution in [0.15, 0.2) is 23.1 Å². The van der Waals surface area contributed by atoms with Crippen molar-refractivity contribution in [3.63, 3.8) is 0 Å². The quantitative estimate of drug-likeness (QED) is 0.332. The molecule has 11 heteroatoms. The first-order valence-corrected chi connectivity index (χ1v) is 12.1. The lowest BCUT2D eigenvalue weighted by molar-refractivity contribution is -0.195. The zero-order valence-corrected chi connectivity index (χ0v) is 19.1. The molecule has 1 aromatic carbocycles. The first-order valence-electron chi connectivity index (χ1n) is 11.4. The molecule has 4 N–H and O–H groups in total. The van der Waals surface area contributed by atoms with Gasteiger partial charge in [0, 0.05) is 30.6 Å². The standard InChI is InChI=1S/C22H28N6O4S/c23-10-14-2-1-7-27(14)21(29)18(24)12-26-11-15-9-20(26)22(30)28(15)19-6-3-13-8-16(33-32-31-25)4-5-17(13)19/h4-5,8,14-15,18-20H,1-3,6-7,9,11-12,24-25H2/t14-,15-,18-,19-,20-/m0/s1. The number of aryl methyl sites for hydroxylation is 1. The summed E-state index contributed by atoms with van der Waals surface area (Å²) in [7, 11) is 0. The van der Waals surface area contributed by atoms with Gasteiger partial charge in [-0.3, -0.25) is 14.5 Å². The van der Waals surface area contributed by atoms with E-state index >= 15 is 0 Å². The Morgan fingerprint density at radius 3 is 2.94 bits per heavy atom. The van der Waals surface area contributed by atoms with Crippen LogP contribution in [0.5, 0.6) is 0 Å². The van der Waals surface area contributed by atoms with Gasteiger partial charge in [0.25, 0.3) is 0 Å². The highest BCUT2D eigenvalue weighted by Gasteiger charge is 2.53. The van der Waals surface area contributed by atoms with E-state index in [0.29, 0.717) is 19.5 Å². The van der Waals surface area contributed by atoms with Gasteiger partial charge in [-0.2, -0.15) is 11.2 Å². The maximum absolute atomic E-state index is 13.3. The van der Waals surface area contributed by atoms with Gasteiger partial charge in [0.15, 0.2) is 0 Å². The summed E-state index contributed by atoms with van der Waals surface area (Å²) in [5, 5.41) is 9.26. The molecule has 10 nitrogen and oxygen atoms in total. The second-order valence-electron chi connectivity index (χ2n) is 9.19. The Morgan fingerprint density at radius 2 is 2.18 bits per heavy atom. The van der Waals surface area contributed by atoms with E-state index in [1.54, 1.807) is 4.90 Å². The smallest absolute Gasteiger partial charge is 0.241 e. The van der Waals surface area contributed by atoms with Crippen LogP contribution in [-0.4, -0.2) is 70.3 Å². The van der Waals surface area contributed by atoms with Gasteiger partial charge in [-0.1, -0.05) is 6.07 Å². The third-order valence-corrected chi connectivity index (χ3v) is 8.01. The van der Waals surface area contributed by atoms with Crippen LogP contribution in [-0.2, 0) is 25.3 Å². The lowest BCUT2D eigenvalue weighted by atomic mass is 10.1. The minimum absolute atomic E-state index is 0.0756. The number of carbonyl (C=O) groups is 2. The molecule has 5 rings (SSSR count). The molecule has 0 spiro atoms. The zero-order chi connectivity index (χ0) is 23.1. The SMILES string of the molecule is N#C[C@@H]1CCCN1C(=O)[C@@H](N)CN1C[C@@H]2C[C@H]1C(=O)N2[C@H]1CCc2cc(SOON)ccc21. The lowest BCUT2D eigenvalue weighted by Crippen LogP contribution is -2.56. The van der Waals surface area contributed by atoms with E-state index in [4.69, 9.17) is 16.0 Å². The Hall–Kier alpha value is -2.20. The van der Waals surface area contributed by atoms with Crippen molar-refractivity contribution in [3.8, 4) is 6.07 Å². The van der Waals surface area contributed by atoms with E-state index in [2.05, 4.69) is 33.0 Å². The molecule has 0 unspecified atom stereocenters. The summed E-state index contributed by atoms with van der Waals surface area (Å²) >= 11 is 1.06. The van der Waals surface area contributed by atoms with Crippen molar-refractivity contribution in [2.45, 2.75) is 67.2 Å². The normalized spacial score (nSPS) is 29.5. The summed E-state index contributed by atoms with van der Waals surface area (Å²) in [5.41, 5.74) is 8.64. The molecule has 0 saturated carbocycles. The van der Waals surface area contributed by atoms with Crippen molar-refractivity contribution in [2.75, 3.05) is 19.6 Å². The summed E-state index contributed by atoms with van der Waals surface area (Å²) in [6.07, 6.45) is 4.10. The fourth-order valence-corrected chi connectivity index (χ4v) is 6.41. The van der Waals surface area contributed by atoms with Crippen molar-refractivity contribution < 1.29 is 18.9 Å². The zero-order valence-electron chi connectivity index (χ0n) is 18.3. The van der Waals surface area contributed by atoms with E-state index < -0.39 is 6.04 Å². The number of carbonyl (C=O) groups excluding carboxylic acids is 2. The van der Waals surface area contributed by atoms with E-state index in [-0.39, 0.29) is 36.0 Å². The number of fused-ring (bicyclic) bond motifs is 3. The van der Waals surface area contributed by atoms with Crippen LogP contribution >= 0.6 is 12.0 Å². The third-order valence-electron chi connectivity index (χ3n) is 7.41. The van der Waals surface area contributed by atoms with Crippen molar-refractivity contribution in [1.82, 2.24) is 14.7 Å². The molecule has 2 amide bonds. The summed E-state index contributed by atoms with van der Waals surface area (Å²) in [6, 6.07) is 7.13. The Balaban J connectivity index is 1.23. The minimum atomic E-state index is -0.720. The number of nitriles is 1. The summed E-state index contributed by atoms with van der Waals surface area (Å²) in [4.78, 5) is 36.9. The molecule has 5 atom stereocenters. The average Bonchev–Trinajstić information content (AvgIpc) is 3.59. The number of piperazine rings is 1. The average molecular weight is 473 g/mol. The molecule has 1 aromatic rings. The van der Waals surface area contributed by atoms with Gasteiger partial charge in [-0.15, -0.1) is 9.32 Å². The number of hydrogen-bond acceptors (Lipinski definition) is 9. The van der Waals surface area contributed by atoms with Crippen LogP contribution < -0.4 is 11.6 Å². The third kappa shape index (κ3) is 4.01. The van der Waals surface area contributed by atoms with Crippen LogP contribution in [0.4, 0.5) is 0 Å². The van der Waals surface area contributed by atoms with E-state index in [9.17, 15) is 14.9 Å². The first-order chi connectivity index (χ1) is 16.0. The molecule has 0 radical (unpaired) electrons. The number of nitrogens with two attached hydrogens (primary N) is 2. The largest absolute Gasteiger partial charge is 0.330 e. The van der Waals surface area contributed by atoms with Gasteiger partial charge < -0.3 is 15.5 Å². The molecule has 3 saturated heterocycles. The van der Waals surface area contributed by atoms with Gasteiger partial charge in [-0.25, -0.2) is 0 Å². The molecule has 1 aliphatic carbocycles. The monoisotopic (exact) mass is 472 g/mol. The number of hydrogen-bond donors (Lipinski definition) is 2. The minimum Gasteiger partial charge on any atom is -0.330 e. The summed E-state index contributed by atoms with van der Waals surface area (Å²) in [6.45, 7) is 1.65. The van der Waals surface area contributed by atoms with Gasteiger partial charge in [0.05, 0.1) is 36.2 Å². The Morgan fingerprint density at radius 1 is 1.33 bits per heavy atom. The number of rotatable bonds is 7. The predicted octanol–water partition coefficient (Wildman–Crippen LogP) is 0.630. The Kier molecular flexibility index (Phi) is 6.30. The Bertz CT molecular complexity index is 986. The second kappa shape index (κ2) is 9.21. The van der Waals surface area contributed by atoms with Crippen LogP contribution in [0.25, 0.3) is 0 Å². The maximum Gasteiger partial charge on any atom is 0.241 e. The molecule has 176 valence electrons. The van der Waals surface area contributed by atoms with Crippen LogP contribution in [0, 0.1) is 11.3 Å². The molecule has 3 aliphatic heterocycles. The molecule has 4 aliphatic rings. The number of benzene rings is 1. The van der Waals surface area contributed by atoms with Crippen molar-refractivity contribution in [2.24, 2.45) is 11.6 Å². The lowest BCUT2D eigenvalue weighted by Gasteiger charge is -2.38. The van der Waals surface area contributed by atoms with E-state index in [1.807, 2.05) is 6.07 Å². The molecular formula is C22H28N6O4S. The fraction of sp³-hybridized carbons (Fsp3) is 0.591. The van der Waals surface area contributed by atoms with Gasteiger partial charge in [0.1, 0.15) is 6.04 Å². The topological polar surface area (TPSA) is 138 Å². The summed E-state index contributed by atoms with van der Waals surface area (Å²) in [5.74, 6) is 4.85. The van der Waals surface area contributed by atoms with Crippen molar-refractivity contribution >= 4 is 23.9 Å². The molecule has 3 heterocycles. The first kappa shape index (κ1) is 22.6. The second-order valence-corrected chi connectivity index (χ2v) is 9.97. The highest BCUT2D eigenvalue weighted by Crippen LogP contribution is 2.44. The van der Waals surface area contributed by atoms with Crippen LogP contribution in [0.3, 0.4) is 0 Å². The van der Waals surface area contributed by atoms with Crippen LogP contribution in [0.2, 0.25) is 0 Å². The predicted molar refractivity (Wildman–Crippen MR) is 119 cm³/mol. The summed E-state index contributed by atoms with van der Waals surface area (Å²) < 4.78 is 4.74. The van der Waals surface area contributed by atoms with Gasteiger partial charge in [0.2, 0.25) is 11.8 Å². The molecule has 2 bridgehead atoms. The highest BCUT2D eigenvalue weighted by molar-refractivity contribution is 7.94. The molecule has 0 aromatic heterocycles. The Labute approximate surface area is 196 Å². The molecule has 33 heavy (non-hydrogen) atoms. The van der Waals surface area contributed by atoms with Crippen molar-refractivity contribution in [3.05, 3.63) is 29.3 Å². The number of nitrogens with zero attached hydrogens (tertiary/aromatic N) is 4. The van der Waals surface area contributed by atoms with E-state index in [1.165, 1.54) is 11.1 Å². The fourth-order valence-electron chi connectivity index (χ4n) is 5.98. The van der Waals surface area contributed by atoms with Gasteiger partial charge >= 0.3 is 0 Å². The van der Waals surface area contributed by atoms with Gasteiger partial charge in [-0.05, 0) is 55.4 Å². The molecule has 3 fully saturated rings. The highest BCUT2D eigenvalue weighted by atomic mass is 32.2.